The fraction of sp³-hybridized carbons (Fsp3) is 0.118. The monoisotopic (exact) mass is 335 g/mol. The Balaban J connectivity index is 2.13. The van der Waals surface area contributed by atoms with Crippen molar-refractivity contribution in [2.45, 2.75) is 0 Å². The third kappa shape index (κ3) is 4.47. The molecule has 2 aromatic rings. The summed E-state index contributed by atoms with van der Waals surface area (Å²) < 4.78 is 23.4. The predicted octanol–water partition coefficient (Wildman–Crippen LogP) is 4.15. The van der Waals surface area contributed by atoms with Crippen LogP contribution in [0.1, 0.15) is 5.56 Å². The molecular formula is C17H15ClFNO3. The van der Waals surface area contributed by atoms with Crippen LogP contribution in [-0.4, -0.2) is 20.1 Å². The third-order valence-electron chi connectivity index (χ3n) is 2.98. The highest BCUT2D eigenvalue weighted by Gasteiger charge is 2.09. The standard InChI is InChI=1S/C17H15ClFNO3/c1-22-15-9-11(8-14(18)17(15)23-2)6-7-16(21)20-13-5-3-4-12(19)10-13/h3-10H,1-2H3,(H,20,21)/b7-6+. The molecular weight excluding hydrogens is 321 g/mol. The molecule has 6 heteroatoms. The number of halogens is 2. The Hall–Kier alpha value is -2.53. The average Bonchev–Trinajstić information content (AvgIpc) is 2.52. The molecule has 120 valence electrons. The molecule has 0 saturated carbocycles. The first-order valence-corrected chi connectivity index (χ1v) is 7.07. The normalized spacial score (nSPS) is 10.6. The Morgan fingerprint density at radius 2 is 2.00 bits per heavy atom. The van der Waals surface area contributed by atoms with Crippen molar-refractivity contribution in [2.75, 3.05) is 19.5 Å². The Labute approximate surface area is 138 Å². The molecule has 23 heavy (non-hydrogen) atoms. The fourth-order valence-electron chi connectivity index (χ4n) is 1.96. The summed E-state index contributed by atoms with van der Waals surface area (Å²) in [6, 6.07) is 8.99. The van der Waals surface area contributed by atoms with E-state index in [9.17, 15) is 9.18 Å². The maximum absolute atomic E-state index is 13.1. The summed E-state index contributed by atoms with van der Waals surface area (Å²) in [6.07, 6.45) is 2.89. The number of rotatable bonds is 5. The quantitative estimate of drug-likeness (QED) is 0.835. The smallest absolute Gasteiger partial charge is 0.248 e. The van der Waals surface area contributed by atoms with Crippen LogP contribution in [0.25, 0.3) is 6.08 Å². The number of methoxy groups -OCH3 is 2. The van der Waals surface area contributed by atoms with Crippen LogP contribution in [0.15, 0.2) is 42.5 Å². The van der Waals surface area contributed by atoms with Crippen molar-refractivity contribution in [1.29, 1.82) is 0 Å². The van der Waals surface area contributed by atoms with Gasteiger partial charge in [-0.1, -0.05) is 17.7 Å². The van der Waals surface area contributed by atoms with E-state index in [0.29, 0.717) is 27.8 Å². The van der Waals surface area contributed by atoms with E-state index in [4.69, 9.17) is 21.1 Å². The minimum Gasteiger partial charge on any atom is -0.493 e. The third-order valence-corrected chi connectivity index (χ3v) is 3.26. The molecule has 0 fully saturated rings. The second-order valence-electron chi connectivity index (χ2n) is 4.57. The summed E-state index contributed by atoms with van der Waals surface area (Å²) in [6.45, 7) is 0. The van der Waals surface area contributed by atoms with Gasteiger partial charge in [-0.3, -0.25) is 4.79 Å². The lowest BCUT2D eigenvalue weighted by Gasteiger charge is -2.10. The Morgan fingerprint density at radius 3 is 2.65 bits per heavy atom. The van der Waals surface area contributed by atoms with Gasteiger partial charge in [0.05, 0.1) is 19.2 Å². The van der Waals surface area contributed by atoms with Crippen LogP contribution in [0, 0.1) is 5.82 Å². The number of carbonyl (C=O) groups is 1. The predicted molar refractivity (Wildman–Crippen MR) is 88.6 cm³/mol. The van der Waals surface area contributed by atoms with Crippen molar-refractivity contribution >= 4 is 29.3 Å². The minimum absolute atomic E-state index is 0.372. The van der Waals surface area contributed by atoms with E-state index in [0.717, 1.165) is 0 Å². The molecule has 0 aliphatic carbocycles. The number of nitrogens with one attached hydrogen (secondary N) is 1. The largest absolute Gasteiger partial charge is 0.493 e. The summed E-state index contributed by atoms with van der Waals surface area (Å²) in [5.74, 6) is 0.0840. The Morgan fingerprint density at radius 1 is 1.22 bits per heavy atom. The topological polar surface area (TPSA) is 47.6 Å². The molecule has 0 aromatic heterocycles. The van der Waals surface area contributed by atoms with Crippen molar-refractivity contribution in [1.82, 2.24) is 0 Å². The van der Waals surface area contributed by atoms with Gasteiger partial charge in [0.2, 0.25) is 5.91 Å². The second-order valence-corrected chi connectivity index (χ2v) is 4.98. The van der Waals surface area contributed by atoms with Crippen LogP contribution in [-0.2, 0) is 4.79 Å². The highest BCUT2D eigenvalue weighted by atomic mass is 35.5. The van der Waals surface area contributed by atoms with E-state index in [1.165, 1.54) is 38.5 Å². The van der Waals surface area contributed by atoms with Gasteiger partial charge in [-0.05, 0) is 42.0 Å². The first kappa shape index (κ1) is 16.8. The number of benzene rings is 2. The van der Waals surface area contributed by atoms with Gasteiger partial charge in [-0.25, -0.2) is 4.39 Å². The zero-order valence-electron chi connectivity index (χ0n) is 12.6. The van der Waals surface area contributed by atoms with E-state index in [1.807, 2.05) is 0 Å². The second kappa shape index (κ2) is 7.65. The molecule has 0 unspecified atom stereocenters. The number of anilines is 1. The number of ether oxygens (including phenoxy) is 2. The van der Waals surface area contributed by atoms with Gasteiger partial charge < -0.3 is 14.8 Å². The summed E-state index contributed by atoms with van der Waals surface area (Å²) in [4.78, 5) is 11.9. The first-order chi connectivity index (χ1) is 11.0. The van der Waals surface area contributed by atoms with Gasteiger partial charge in [-0.2, -0.15) is 0 Å². The summed E-state index contributed by atoms with van der Waals surface area (Å²) >= 11 is 6.09. The number of hydrogen-bond donors (Lipinski definition) is 1. The van der Waals surface area contributed by atoms with Crippen LogP contribution in [0.2, 0.25) is 5.02 Å². The van der Waals surface area contributed by atoms with E-state index in [2.05, 4.69) is 5.32 Å². The molecule has 2 aromatic carbocycles. The average molecular weight is 336 g/mol. The SMILES string of the molecule is COc1cc(/C=C/C(=O)Nc2cccc(F)c2)cc(Cl)c1OC. The van der Waals surface area contributed by atoms with E-state index in [-0.39, 0.29) is 5.91 Å². The Kier molecular flexibility index (Phi) is 5.60. The zero-order chi connectivity index (χ0) is 16.8. The zero-order valence-corrected chi connectivity index (χ0v) is 13.4. The molecule has 0 bridgehead atoms. The minimum atomic E-state index is -0.418. The lowest BCUT2D eigenvalue weighted by Crippen LogP contribution is -2.07. The molecule has 0 spiro atoms. The molecule has 0 radical (unpaired) electrons. The van der Waals surface area contributed by atoms with Crippen molar-refractivity contribution < 1.29 is 18.7 Å². The number of amides is 1. The summed E-state index contributed by atoms with van der Waals surface area (Å²) in [5.41, 5.74) is 1.05. The highest BCUT2D eigenvalue weighted by Crippen LogP contribution is 2.36. The molecule has 4 nitrogen and oxygen atoms in total. The molecule has 0 aliphatic heterocycles. The van der Waals surface area contributed by atoms with Crippen LogP contribution < -0.4 is 14.8 Å². The van der Waals surface area contributed by atoms with E-state index >= 15 is 0 Å². The molecule has 0 heterocycles. The van der Waals surface area contributed by atoms with Gasteiger partial charge in [0.15, 0.2) is 11.5 Å². The van der Waals surface area contributed by atoms with Gasteiger partial charge in [0.25, 0.3) is 0 Å². The molecule has 2 rings (SSSR count). The van der Waals surface area contributed by atoms with Crippen LogP contribution >= 0.6 is 11.6 Å². The van der Waals surface area contributed by atoms with Gasteiger partial charge in [-0.15, -0.1) is 0 Å². The van der Waals surface area contributed by atoms with Crippen molar-refractivity contribution in [3.8, 4) is 11.5 Å². The Bertz CT molecular complexity index is 747. The lowest BCUT2D eigenvalue weighted by atomic mass is 10.2. The molecule has 1 amide bonds. The lowest BCUT2D eigenvalue weighted by molar-refractivity contribution is -0.111. The van der Waals surface area contributed by atoms with Gasteiger partial charge in [0.1, 0.15) is 5.82 Å². The van der Waals surface area contributed by atoms with Crippen LogP contribution in [0.3, 0.4) is 0 Å². The van der Waals surface area contributed by atoms with Crippen molar-refractivity contribution in [3.63, 3.8) is 0 Å². The number of carbonyl (C=O) groups excluding carboxylic acids is 1. The molecule has 0 atom stereocenters. The van der Waals surface area contributed by atoms with E-state index < -0.39 is 5.82 Å². The first-order valence-electron chi connectivity index (χ1n) is 6.69. The maximum Gasteiger partial charge on any atom is 0.248 e. The van der Waals surface area contributed by atoms with Crippen molar-refractivity contribution in [2.24, 2.45) is 0 Å². The van der Waals surface area contributed by atoms with Crippen LogP contribution in [0.4, 0.5) is 10.1 Å². The highest BCUT2D eigenvalue weighted by molar-refractivity contribution is 6.32. The number of hydrogen-bond acceptors (Lipinski definition) is 3. The molecule has 1 N–H and O–H groups in total. The van der Waals surface area contributed by atoms with Gasteiger partial charge >= 0.3 is 0 Å². The van der Waals surface area contributed by atoms with Crippen LogP contribution in [0.5, 0.6) is 11.5 Å². The summed E-state index contributed by atoms with van der Waals surface area (Å²) in [7, 11) is 2.99. The maximum atomic E-state index is 13.1. The van der Waals surface area contributed by atoms with E-state index in [1.54, 1.807) is 24.3 Å². The summed E-state index contributed by atoms with van der Waals surface area (Å²) in [5, 5.41) is 2.94. The molecule has 0 saturated heterocycles. The molecule has 0 aliphatic rings. The fourth-order valence-corrected chi connectivity index (χ4v) is 2.25. The van der Waals surface area contributed by atoms with Crippen molar-refractivity contribution in [3.05, 3.63) is 58.9 Å². The van der Waals surface area contributed by atoms with Gasteiger partial charge in [0, 0.05) is 11.8 Å².